The third kappa shape index (κ3) is 4.51. The predicted octanol–water partition coefficient (Wildman–Crippen LogP) is 5.88. The number of hydrogen-bond acceptors (Lipinski definition) is 8. The molecule has 0 radical (unpaired) electrons. The highest BCUT2D eigenvalue weighted by Gasteiger charge is 2.19. The van der Waals surface area contributed by atoms with Crippen molar-refractivity contribution in [2.45, 2.75) is 32.7 Å². The third-order valence-corrected chi connectivity index (χ3v) is 8.36. The number of piperidine rings is 1. The predicted molar refractivity (Wildman–Crippen MR) is 152 cm³/mol. The topological polar surface area (TPSA) is 116 Å². The number of aromatic nitrogens is 7. The van der Waals surface area contributed by atoms with E-state index in [0.717, 1.165) is 63.5 Å². The van der Waals surface area contributed by atoms with Gasteiger partial charge in [0.15, 0.2) is 17.3 Å². The Hall–Kier alpha value is -4.28. The fraction of sp³-hybridized carbons (Fsp3) is 0.241. The lowest BCUT2D eigenvalue weighted by Gasteiger charge is -2.26. The van der Waals surface area contributed by atoms with E-state index in [-0.39, 0.29) is 5.78 Å². The van der Waals surface area contributed by atoms with Gasteiger partial charge in [-0.2, -0.15) is 5.10 Å². The average molecular weight is 535 g/mol. The number of nitrogens with one attached hydrogen (secondary N) is 2. The van der Waals surface area contributed by atoms with Crippen molar-refractivity contribution >= 4 is 39.2 Å². The lowest BCUT2D eigenvalue weighted by Crippen LogP contribution is -2.29. The van der Waals surface area contributed by atoms with E-state index in [4.69, 9.17) is 9.97 Å². The molecule has 0 saturated carbocycles. The minimum absolute atomic E-state index is 0.0400. The lowest BCUT2D eigenvalue weighted by atomic mass is 10.1. The Bertz CT molecular complexity index is 1830. The molecule has 7 heterocycles. The smallest absolute Gasteiger partial charge is 0.169 e. The normalized spacial score (nSPS) is 14.4. The highest BCUT2D eigenvalue weighted by Crippen LogP contribution is 2.34. The molecule has 10 heteroatoms. The van der Waals surface area contributed by atoms with E-state index >= 15 is 0 Å². The van der Waals surface area contributed by atoms with Gasteiger partial charge in [0, 0.05) is 30.7 Å². The Morgan fingerprint density at radius 2 is 1.85 bits per heavy atom. The van der Waals surface area contributed by atoms with Crippen LogP contribution in [0.1, 0.15) is 41.4 Å². The average Bonchev–Trinajstić information content (AvgIpc) is 3.71. The van der Waals surface area contributed by atoms with Gasteiger partial charge < -0.3 is 4.98 Å². The molecule has 0 aliphatic carbocycles. The molecule has 2 N–H and O–H groups in total. The standard InChI is InChI=1S/C29H26N8OS/c1-17(38)23-7-8-24(39-23)27-25-21(9-10-31-27)33-29(34-25)28-26-22(35-36-28)6-5-20(32-26)19-13-18(14-30-15-19)16-37-11-3-2-4-12-37/h5-10,13-15H,2-4,11-12,16H2,1H3,(H,33,34)(H,35,36). The molecule has 7 rings (SSSR count). The zero-order chi connectivity index (χ0) is 26.3. The summed E-state index contributed by atoms with van der Waals surface area (Å²) in [6.45, 7) is 4.77. The Balaban J connectivity index is 1.25. The van der Waals surface area contributed by atoms with E-state index < -0.39 is 0 Å². The molecule has 9 nitrogen and oxygen atoms in total. The number of imidazole rings is 1. The minimum atomic E-state index is 0.0400. The molecule has 0 bridgehead atoms. The molecule has 194 valence electrons. The number of likely N-dealkylation sites (tertiary alicyclic amines) is 1. The Morgan fingerprint density at radius 3 is 2.69 bits per heavy atom. The highest BCUT2D eigenvalue weighted by molar-refractivity contribution is 7.17. The SMILES string of the molecule is CC(=O)c1ccc(-c2nccc3[nH]c(-c4n[nH]c5ccc(-c6cncc(CN7CCCCC7)c6)nc45)nc23)s1. The lowest BCUT2D eigenvalue weighted by molar-refractivity contribution is 0.102. The van der Waals surface area contributed by atoms with Crippen molar-refractivity contribution in [2.24, 2.45) is 0 Å². The van der Waals surface area contributed by atoms with E-state index in [1.165, 1.54) is 36.2 Å². The van der Waals surface area contributed by atoms with Gasteiger partial charge in [-0.1, -0.05) is 6.42 Å². The van der Waals surface area contributed by atoms with Crippen LogP contribution in [-0.4, -0.2) is 58.9 Å². The maximum Gasteiger partial charge on any atom is 0.169 e. The monoisotopic (exact) mass is 534 g/mol. The molecule has 0 aromatic carbocycles. The number of pyridine rings is 3. The van der Waals surface area contributed by atoms with Crippen molar-refractivity contribution in [2.75, 3.05) is 13.1 Å². The summed E-state index contributed by atoms with van der Waals surface area (Å²) in [6.07, 6.45) is 9.41. The van der Waals surface area contributed by atoms with Gasteiger partial charge in [0.25, 0.3) is 0 Å². The first-order chi connectivity index (χ1) is 19.1. The molecule has 0 spiro atoms. The first-order valence-electron chi connectivity index (χ1n) is 13.1. The molecule has 0 unspecified atom stereocenters. The second-order valence-electron chi connectivity index (χ2n) is 9.94. The Morgan fingerprint density at radius 1 is 0.974 bits per heavy atom. The third-order valence-electron chi connectivity index (χ3n) is 7.16. The van der Waals surface area contributed by atoms with Crippen LogP contribution in [-0.2, 0) is 6.54 Å². The first kappa shape index (κ1) is 23.8. The van der Waals surface area contributed by atoms with Gasteiger partial charge in [-0.15, -0.1) is 11.3 Å². The number of rotatable bonds is 6. The van der Waals surface area contributed by atoms with Crippen molar-refractivity contribution < 1.29 is 4.79 Å². The fourth-order valence-electron chi connectivity index (χ4n) is 5.20. The molecule has 6 aromatic rings. The molecular weight excluding hydrogens is 508 g/mol. The molecule has 1 saturated heterocycles. The van der Waals surface area contributed by atoms with Crippen LogP contribution in [0.3, 0.4) is 0 Å². The zero-order valence-corrected chi connectivity index (χ0v) is 22.3. The minimum Gasteiger partial charge on any atom is -0.336 e. The summed E-state index contributed by atoms with van der Waals surface area (Å²) in [4.78, 5) is 38.3. The largest absolute Gasteiger partial charge is 0.336 e. The van der Waals surface area contributed by atoms with E-state index in [0.29, 0.717) is 16.4 Å². The van der Waals surface area contributed by atoms with Gasteiger partial charge in [-0.3, -0.25) is 24.8 Å². The summed E-state index contributed by atoms with van der Waals surface area (Å²) in [5.74, 6) is 0.647. The summed E-state index contributed by atoms with van der Waals surface area (Å²) in [5.41, 5.74) is 7.52. The van der Waals surface area contributed by atoms with Crippen molar-refractivity contribution in [3.05, 3.63) is 65.4 Å². The molecule has 1 aliphatic rings. The van der Waals surface area contributed by atoms with Crippen LogP contribution >= 0.6 is 11.3 Å². The number of aromatic amines is 2. The van der Waals surface area contributed by atoms with E-state index in [1.807, 2.05) is 42.7 Å². The molecule has 39 heavy (non-hydrogen) atoms. The molecule has 1 fully saturated rings. The first-order valence-corrected chi connectivity index (χ1v) is 13.9. The summed E-state index contributed by atoms with van der Waals surface area (Å²) >= 11 is 1.42. The van der Waals surface area contributed by atoms with Crippen molar-refractivity contribution in [3.63, 3.8) is 0 Å². The Labute approximate surface area is 228 Å². The van der Waals surface area contributed by atoms with Gasteiger partial charge in [0.2, 0.25) is 0 Å². The summed E-state index contributed by atoms with van der Waals surface area (Å²) in [5, 5.41) is 7.65. The van der Waals surface area contributed by atoms with Crippen molar-refractivity contribution in [3.8, 4) is 33.3 Å². The van der Waals surface area contributed by atoms with Crippen LogP contribution in [0.4, 0.5) is 0 Å². The van der Waals surface area contributed by atoms with Crippen LogP contribution in [0.5, 0.6) is 0 Å². The second-order valence-corrected chi connectivity index (χ2v) is 11.0. The van der Waals surface area contributed by atoms with Crippen LogP contribution in [0.2, 0.25) is 0 Å². The molecule has 0 amide bonds. The number of hydrogen-bond donors (Lipinski definition) is 2. The summed E-state index contributed by atoms with van der Waals surface area (Å²) < 4.78 is 0. The van der Waals surface area contributed by atoms with Crippen molar-refractivity contribution in [1.82, 2.24) is 40.0 Å². The quantitative estimate of drug-likeness (QED) is 0.257. The maximum atomic E-state index is 11.8. The van der Waals surface area contributed by atoms with Gasteiger partial charge in [-0.25, -0.2) is 9.97 Å². The van der Waals surface area contributed by atoms with Crippen LogP contribution in [0, 0.1) is 0 Å². The fourth-order valence-corrected chi connectivity index (χ4v) is 6.10. The number of Topliss-reactive ketones (excluding diaryl/α,β-unsaturated/α-hetero) is 1. The second kappa shape index (κ2) is 9.79. The van der Waals surface area contributed by atoms with Crippen LogP contribution < -0.4 is 0 Å². The van der Waals surface area contributed by atoms with Crippen molar-refractivity contribution in [1.29, 1.82) is 0 Å². The number of nitrogens with zero attached hydrogens (tertiary/aromatic N) is 6. The van der Waals surface area contributed by atoms with Gasteiger partial charge >= 0.3 is 0 Å². The van der Waals surface area contributed by atoms with Crippen LogP contribution in [0.15, 0.2) is 55.0 Å². The van der Waals surface area contributed by atoms with Gasteiger partial charge in [-0.05, 0) is 74.8 Å². The highest BCUT2D eigenvalue weighted by atomic mass is 32.1. The number of carbonyl (C=O) groups is 1. The number of H-pyrrole nitrogens is 2. The summed E-state index contributed by atoms with van der Waals surface area (Å²) in [6, 6.07) is 11.8. The number of fused-ring (bicyclic) bond motifs is 2. The molecular formula is C29H26N8OS. The Kier molecular flexibility index (Phi) is 5.98. The summed E-state index contributed by atoms with van der Waals surface area (Å²) in [7, 11) is 0. The van der Waals surface area contributed by atoms with Gasteiger partial charge in [0.1, 0.15) is 16.7 Å². The number of thiophene rings is 1. The van der Waals surface area contributed by atoms with E-state index in [1.54, 1.807) is 13.1 Å². The van der Waals surface area contributed by atoms with E-state index in [9.17, 15) is 4.79 Å². The van der Waals surface area contributed by atoms with E-state index in [2.05, 4.69) is 36.1 Å². The number of ketones is 1. The maximum absolute atomic E-state index is 11.8. The van der Waals surface area contributed by atoms with Crippen LogP contribution in [0.25, 0.3) is 55.4 Å². The molecule has 0 atom stereocenters. The zero-order valence-electron chi connectivity index (χ0n) is 21.4. The number of carbonyl (C=O) groups excluding carboxylic acids is 1. The molecule has 1 aliphatic heterocycles. The molecule has 6 aromatic heterocycles. The van der Waals surface area contributed by atoms with Gasteiger partial charge in [0.05, 0.1) is 26.5 Å².